The molecule has 0 bridgehead atoms. The van der Waals surface area contributed by atoms with Gasteiger partial charge in [-0.15, -0.1) is 0 Å². The summed E-state index contributed by atoms with van der Waals surface area (Å²) in [5.41, 5.74) is 1.78. The fraction of sp³-hybridized carbons (Fsp3) is 0.0714. The molecule has 2 heterocycles. The molecular formula is C14H8BrFN4O. The van der Waals surface area contributed by atoms with E-state index in [4.69, 9.17) is 9.78 Å². The zero-order chi connectivity index (χ0) is 15.0. The molecule has 0 aliphatic carbocycles. The summed E-state index contributed by atoms with van der Waals surface area (Å²) in [6, 6.07) is 7.95. The summed E-state index contributed by atoms with van der Waals surface area (Å²) in [6.07, 6.45) is 1.67. The first kappa shape index (κ1) is 13.5. The van der Waals surface area contributed by atoms with Crippen molar-refractivity contribution in [2.45, 2.75) is 0 Å². The number of benzene rings is 1. The molecule has 3 aromatic rings. The van der Waals surface area contributed by atoms with Crippen molar-refractivity contribution < 1.29 is 8.91 Å². The molecule has 0 atom stereocenters. The van der Waals surface area contributed by atoms with Crippen LogP contribution in [0.25, 0.3) is 23.0 Å². The summed E-state index contributed by atoms with van der Waals surface area (Å²) in [7, 11) is 1.79. The minimum atomic E-state index is -0.351. The lowest BCUT2D eigenvalue weighted by Crippen LogP contribution is -1.89. The third-order valence-corrected chi connectivity index (χ3v) is 3.61. The van der Waals surface area contributed by atoms with Gasteiger partial charge in [-0.1, -0.05) is 5.16 Å². The maximum Gasteiger partial charge on any atom is 0.274 e. The Morgan fingerprint density at radius 1 is 1.38 bits per heavy atom. The Bertz CT molecular complexity index is 862. The third-order valence-electron chi connectivity index (χ3n) is 2.95. The number of halogens is 2. The maximum atomic E-state index is 13.1. The summed E-state index contributed by atoms with van der Waals surface area (Å²) in [5.74, 6) is 0.289. The van der Waals surface area contributed by atoms with E-state index in [2.05, 4.69) is 32.1 Å². The summed E-state index contributed by atoms with van der Waals surface area (Å²) in [5, 5.41) is 12.8. The molecule has 0 fully saturated rings. The standard InChI is InChI=1S/C14H8BrFN4O/c1-20-7-8(6-17)4-12(20)14-18-13(19-21-14)10-3-2-9(16)5-11(10)15/h2-5,7H,1H3. The topological polar surface area (TPSA) is 67.6 Å². The van der Waals surface area contributed by atoms with E-state index in [1.807, 2.05) is 0 Å². The van der Waals surface area contributed by atoms with Crippen LogP contribution in [0.3, 0.4) is 0 Å². The molecule has 21 heavy (non-hydrogen) atoms. The Hall–Kier alpha value is -2.46. The second kappa shape index (κ2) is 5.14. The maximum absolute atomic E-state index is 13.1. The van der Waals surface area contributed by atoms with Crippen molar-refractivity contribution in [2.75, 3.05) is 0 Å². The third kappa shape index (κ3) is 2.45. The molecule has 0 N–H and O–H groups in total. The van der Waals surface area contributed by atoms with Gasteiger partial charge in [-0.3, -0.25) is 0 Å². The fourth-order valence-electron chi connectivity index (χ4n) is 1.95. The van der Waals surface area contributed by atoms with Crippen molar-refractivity contribution in [1.29, 1.82) is 5.26 Å². The number of rotatable bonds is 2. The van der Waals surface area contributed by atoms with Crippen molar-refractivity contribution >= 4 is 15.9 Å². The zero-order valence-electron chi connectivity index (χ0n) is 10.8. The van der Waals surface area contributed by atoms with Crippen LogP contribution in [-0.4, -0.2) is 14.7 Å². The molecule has 1 aromatic carbocycles. The monoisotopic (exact) mass is 346 g/mol. The minimum Gasteiger partial charge on any atom is -0.345 e. The Balaban J connectivity index is 2.04. The van der Waals surface area contributed by atoms with Crippen LogP contribution < -0.4 is 0 Å². The Morgan fingerprint density at radius 2 is 2.19 bits per heavy atom. The molecule has 0 aliphatic rings. The normalized spacial score (nSPS) is 10.6. The highest BCUT2D eigenvalue weighted by molar-refractivity contribution is 9.10. The predicted molar refractivity (Wildman–Crippen MR) is 76.5 cm³/mol. The number of nitrogens with zero attached hydrogens (tertiary/aromatic N) is 4. The van der Waals surface area contributed by atoms with Crippen LogP contribution in [-0.2, 0) is 7.05 Å². The Kier molecular flexibility index (Phi) is 3.31. The van der Waals surface area contributed by atoms with E-state index in [1.54, 1.807) is 29.9 Å². The molecule has 0 saturated carbocycles. The number of aryl methyl sites for hydroxylation is 1. The lowest BCUT2D eigenvalue weighted by atomic mass is 10.2. The number of hydrogen-bond donors (Lipinski definition) is 0. The SMILES string of the molecule is Cn1cc(C#N)cc1-c1nc(-c2ccc(F)cc2Br)no1. The molecule has 7 heteroatoms. The first-order valence-corrected chi connectivity index (χ1v) is 6.74. The smallest absolute Gasteiger partial charge is 0.274 e. The zero-order valence-corrected chi connectivity index (χ0v) is 12.4. The Labute approximate surface area is 127 Å². The molecule has 0 radical (unpaired) electrons. The summed E-state index contributed by atoms with van der Waals surface area (Å²) < 4.78 is 20.6. The van der Waals surface area contributed by atoms with Gasteiger partial charge in [0, 0.05) is 23.3 Å². The average molecular weight is 347 g/mol. The molecule has 0 amide bonds. The van der Waals surface area contributed by atoms with E-state index in [0.717, 1.165) is 0 Å². The molecule has 0 unspecified atom stereocenters. The molecule has 5 nitrogen and oxygen atoms in total. The van der Waals surface area contributed by atoms with Crippen molar-refractivity contribution in [1.82, 2.24) is 14.7 Å². The van der Waals surface area contributed by atoms with Gasteiger partial charge in [0.25, 0.3) is 5.89 Å². The predicted octanol–water partition coefficient (Wildman–Crippen LogP) is 3.52. The van der Waals surface area contributed by atoms with E-state index in [9.17, 15) is 4.39 Å². The van der Waals surface area contributed by atoms with Crippen LogP contribution in [0.15, 0.2) is 39.5 Å². The van der Waals surface area contributed by atoms with E-state index in [1.165, 1.54) is 12.1 Å². The summed E-state index contributed by atoms with van der Waals surface area (Å²) in [6.45, 7) is 0. The van der Waals surface area contributed by atoms with Gasteiger partial charge in [0.15, 0.2) is 0 Å². The molecule has 2 aromatic heterocycles. The van der Waals surface area contributed by atoms with E-state index >= 15 is 0 Å². The highest BCUT2D eigenvalue weighted by atomic mass is 79.9. The molecular weight excluding hydrogens is 339 g/mol. The fourth-order valence-corrected chi connectivity index (χ4v) is 2.47. The lowest BCUT2D eigenvalue weighted by molar-refractivity contribution is 0.429. The van der Waals surface area contributed by atoms with Gasteiger partial charge in [0.1, 0.15) is 17.6 Å². The quantitative estimate of drug-likeness (QED) is 0.711. The highest BCUT2D eigenvalue weighted by Gasteiger charge is 2.16. The number of aromatic nitrogens is 3. The van der Waals surface area contributed by atoms with Crippen LogP contribution in [0, 0.1) is 17.1 Å². The van der Waals surface area contributed by atoms with Crippen molar-refractivity contribution in [2.24, 2.45) is 7.05 Å². The van der Waals surface area contributed by atoms with Gasteiger partial charge in [0.05, 0.1) is 5.56 Å². The molecule has 104 valence electrons. The van der Waals surface area contributed by atoms with Crippen LogP contribution in [0.4, 0.5) is 4.39 Å². The first-order chi connectivity index (χ1) is 10.1. The first-order valence-electron chi connectivity index (χ1n) is 5.94. The second-order valence-corrected chi connectivity index (χ2v) is 5.24. The van der Waals surface area contributed by atoms with Crippen molar-refractivity contribution in [3.63, 3.8) is 0 Å². The molecule has 0 saturated heterocycles. The van der Waals surface area contributed by atoms with Gasteiger partial charge < -0.3 is 9.09 Å². The average Bonchev–Trinajstić information content (AvgIpc) is 3.05. The number of hydrogen-bond acceptors (Lipinski definition) is 4. The second-order valence-electron chi connectivity index (χ2n) is 4.38. The van der Waals surface area contributed by atoms with Crippen molar-refractivity contribution in [3.8, 4) is 29.0 Å². The van der Waals surface area contributed by atoms with Crippen LogP contribution in [0.1, 0.15) is 5.56 Å². The van der Waals surface area contributed by atoms with E-state index < -0.39 is 0 Å². The van der Waals surface area contributed by atoms with Gasteiger partial charge in [-0.2, -0.15) is 10.2 Å². The lowest BCUT2D eigenvalue weighted by Gasteiger charge is -1.98. The summed E-state index contributed by atoms with van der Waals surface area (Å²) >= 11 is 3.27. The van der Waals surface area contributed by atoms with Gasteiger partial charge >= 0.3 is 0 Å². The highest BCUT2D eigenvalue weighted by Crippen LogP contribution is 2.29. The van der Waals surface area contributed by atoms with Gasteiger partial charge in [0.2, 0.25) is 5.82 Å². The van der Waals surface area contributed by atoms with Crippen LogP contribution >= 0.6 is 15.9 Å². The van der Waals surface area contributed by atoms with Gasteiger partial charge in [-0.05, 0) is 40.2 Å². The molecule has 0 spiro atoms. The van der Waals surface area contributed by atoms with Crippen molar-refractivity contribution in [3.05, 3.63) is 46.3 Å². The van der Waals surface area contributed by atoms with E-state index in [-0.39, 0.29) is 5.82 Å². The van der Waals surface area contributed by atoms with E-state index in [0.29, 0.717) is 33.0 Å². The van der Waals surface area contributed by atoms with Crippen LogP contribution in [0.5, 0.6) is 0 Å². The largest absolute Gasteiger partial charge is 0.345 e. The summed E-state index contributed by atoms with van der Waals surface area (Å²) in [4.78, 5) is 4.29. The molecule has 0 aliphatic heterocycles. The molecule has 3 rings (SSSR count). The van der Waals surface area contributed by atoms with Crippen LogP contribution in [0.2, 0.25) is 0 Å². The van der Waals surface area contributed by atoms with Gasteiger partial charge in [-0.25, -0.2) is 4.39 Å². The number of nitriles is 1. The Morgan fingerprint density at radius 3 is 2.86 bits per heavy atom. The minimum absolute atomic E-state index is 0.297.